The van der Waals surface area contributed by atoms with Crippen molar-refractivity contribution in [2.24, 2.45) is 11.8 Å². The van der Waals surface area contributed by atoms with Gasteiger partial charge in [0.25, 0.3) is 0 Å². The highest BCUT2D eigenvalue weighted by Gasteiger charge is 2.23. The number of anilines is 2. The number of rotatable bonds is 5. The summed E-state index contributed by atoms with van der Waals surface area (Å²) >= 11 is 0. The number of aromatic nitrogens is 1. The van der Waals surface area contributed by atoms with Crippen molar-refractivity contribution in [3.05, 3.63) is 29.8 Å². The highest BCUT2D eigenvalue weighted by Crippen LogP contribution is 2.29. The molecule has 3 heterocycles. The lowest BCUT2D eigenvalue weighted by Crippen LogP contribution is -2.39. The zero-order valence-corrected chi connectivity index (χ0v) is 19.0. The topological polar surface area (TPSA) is 65.5 Å². The fourth-order valence-corrected chi connectivity index (χ4v) is 5.03. The Morgan fingerprint density at radius 3 is 2.48 bits per heavy atom. The average Bonchev–Trinajstić information content (AvgIpc) is 3.26. The van der Waals surface area contributed by atoms with E-state index in [1.807, 2.05) is 23.1 Å². The van der Waals surface area contributed by atoms with E-state index in [2.05, 4.69) is 37.1 Å². The molecule has 0 bridgehead atoms. The summed E-state index contributed by atoms with van der Waals surface area (Å²) < 4.78 is 0. The predicted octanol–water partition coefficient (Wildman–Crippen LogP) is 4.37. The molecular weight excluding hydrogens is 388 g/mol. The average molecular weight is 423 g/mol. The third kappa shape index (κ3) is 5.17. The minimum Gasteiger partial charge on any atom is -0.356 e. The number of fused-ring (bicyclic) bond motifs is 1. The van der Waals surface area contributed by atoms with Gasteiger partial charge >= 0.3 is 0 Å². The van der Waals surface area contributed by atoms with Gasteiger partial charge < -0.3 is 15.1 Å². The number of benzene rings is 1. The first-order valence-electron chi connectivity index (χ1n) is 11.6. The number of nitrogens with zero attached hydrogens (tertiary/aromatic N) is 3. The van der Waals surface area contributed by atoms with E-state index < -0.39 is 0 Å². The Balaban J connectivity index is 1.42. The van der Waals surface area contributed by atoms with E-state index in [1.165, 1.54) is 6.42 Å². The minimum atomic E-state index is -0.120. The van der Waals surface area contributed by atoms with E-state index in [-0.39, 0.29) is 24.7 Å². The first kappa shape index (κ1) is 21.6. The normalized spacial score (nSPS) is 21.5. The maximum absolute atomic E-state index is 12.4. The van der Waals surface area contributed by atoms with E-state index in [9.17, 15) is 9.59 Å². The lowest BCUT2D eigenvalue weighted by molar-refractivity contribution is -0.131. The fourth-order valence-electron chi connectivity index (χ4n) is 5.03. The highest BCUT2D eigenvalue weighted by atomic mass is 16.2. The molecule has 4 rings (SSSR count). The van der Waals surface area contributed by atoms with Crippen LogP contribution in [0, 0.1) is 18.8 Å². The molecule has 2 aliphatic heterocycles. The summed E-state index contributed by atoms with van der Waals surface area (Å²) in [6, 6.07) is 8.03. The number of likely N-dealkylation sites (tertiary alicyclic amines) is 1. The molecule has 2 aliphatic rings. The summed E-state index contributed by atoms with van der Waals surface area (Å²) in [5.41, 5.74) is 2.86. The van der Waals surface area contributed by atoms with Gasteiger partial charge in [0.2, 0.25) is 11.8 Å². The van der Waals surface area contributed by atoms with Gasteiger partial charge in [-0.25, -0.2) is 4.98 Å². The zero-order chi connectivity index (χ0) is 22.0. The van der Waals surface area contributed by atoms with Crippen LogP contribution in [-0.4, -0.2) is 47.9 Å². The number of pyridine rings is 1. The lowest BCUT2D eigenvalue weighted by atomic mass is 9.92. The highest BCUT2D eigenvalue weighted by molar-refractivity contribution is 5.96. The van der Waals surface area contributed by atoms with Crippen LogP contribution < -0.4 is 10.2 Å². The van der Waals surface area contributed by atoms with Gasteiger partial charge in [-0.1, -0.05) is 13.8 Å². The number of nitrogens with one attached hydrogen (secondary N) is 1. The molecule has 2 saturated heterocycles. The summed E-state index contributed by atoms with van der Waals surface area (Å²) in [7, 11) is 0. The quantitative estimate of drug-likeness (QED) is 0.777. The maximum Gasteiger partial charge on any atom is 0.224 e. The molecule has 166 valence electrons. The monoisotopic (exact) mass is 422 g/mol. The van der Waals surface area contributed by atoms with E-state index in [4.69, 9.17) is 4.98 Å². The molecule has 0 saturated carbocycles. The number of piperidine rings is 1. The van der Waals surface area contributed by atoms with Crippen LogP contribution in [-0.2, 0) is 9.59 Å². The van der Waals surface area contributed by atoms with Gasteiger partial charge in [-0.3, -0.25) is 9.59 Å². The number of carbonyl (C=O) groups is 2. The Bertz CT molecular complexity index is 957. The van der Waals surface area contributed by atoms with Crippen LogP contribution in [0.5, 0.6) is 0 Å². The zero-order valence-electron chi connectivity index (χ0n) is 19.0. The first-order valence-corrected chi connectivity index (χ1v) is 11.6. The Kier molecular flexibility index (Phi) is 6.44. The largest absolute Gasteiger partial charge is 0.356 e. The van der Waals surface area contributed by atoms with Crippen LogP contribution in [0.2, 0.25) is 0 Å². The summed E-state index contributed by atoms with van der Waals surface area (Å²) in [5.74, 6) is 2.36. The van der Waals surface area contributed by atoms with E-state index >= 15 is 0 Å². The first-order chi connectivity index (χ1) is 14.9. The van der Waals surface area contributed by atoms with Crippen LogP contribution in [0.3, 0.4) is 0 Å². The smallest absolute Gasteiger partial charge is 0.224 e. The van der Waals surface area contributed by atoms with E-state index in [1.54, 1.807) is 0 Å². The molecular formula is C25H34N4O2. The number of carbonyl (C=O) groups excluding carboxylic acids is 2. The molecule has 2 amide bonds. The number of hydrogen-bond acceptors (Lipinski definition) is 4. The number of aryl methyl sites for hydroxylation is 1. The summed E-state index contributed by atoms with van der Waals surface area (Å²) in [6.07, 6.45) is 3.90. The van der Waals surface area contributed by atoms with Gasteiger partial charge in [-0.15, -0.1) is 0 Å². The third-order valence-corrected chi connectivity index (χ3v) is 6.50. The van der Waals surface area contributed by atoms with Gasteiger partial charge in [0.15, 0.2) is 0 Å². The SMILES string of the molecule is Cc1cc(N2CC(C)CC(C)C2)nc2ccc(NC(=O)CCC(=O)N3CCCC3)cc12. The van der Waals surface area contributed by atoms with Crippen molar-refractivity contribution < 1.29 is 9.59 Å². The second kappa shape index (κ2) is 9.25. The van der Waals surface area contributed by atoms with Crippen molar-refractivity contribution >= 4 is 34.2 Å². The molecule has 2 unspecified atom stereocenters. The predicted molar refractivity (Wildman–Crippen MR) is 125 cm³/mol. The van der Waals surface area contributed by atoms with Crippen LogP contribution in [0.4, 0.5) is 11.5 Å². The minimum absolute atomic E-state index is 0.0834. The van der Waals surface area contributed by atoms with Crippen LogP contribution in [0.15, 0.2) is 24.3 Å². The van der Waals surface area contributed by atoms with Gasteiger partial charge in [-0.05, 0) is 67.9 Å². The molecule has 1 N–H and O–H groups in total. The molecule has 0 aliphatic carbocycles. The number of hydrogen-bond donors (Lipinski definition) is 1. The Morgan fingerprint density at radius 2 is 1.77 bits per heavy atom. The summed E-state index contributed by atoms with van der Waals surface area (Å²) in [4.78, 5) is 33.7. The molecule has 31 heavy (non-hydrogen) atoms. The van der Waals surface area contributed by atoms with Gasteiger partial charge in [0.1, 0.15) is 5.82 Å². The standard InChI is InChI=1S/C25H34N4O2/c1-17-12-18(2)16-29(15-17)23-13-19(3)21-14-20(6-7-22(21)27-23)26-24(30)8-9-25(31)28-10-4-5-11-28/h6-7,13-14,17-18H,4-5,8-12,15-16H2,1-3H3,(H,26,30). The van der Waals surface area contributed by atoms with Gasteiger partial charge in [0.05, 0.1) is 5.52 Å². The maximum atomic E-state index is 12.4. The van der Waals surface area contributed by atoms with E-state index in [0.717, 1.165) is 67.0 Å². The van der Waals surface area contributed by atoms with Crippen molar-refractivity contribution in [3.63, 3.8) is 0 Å². The fraction of sp³-hybridized carbons (Fsp3) is 0.560. The lowest BCUT2D eigenvalue weighted by Gasteiger charge is -2.36. The molecule has 0 radical (unpaired) electrons. The molecule has 6 heteroatoms. The number of amides is 2. The molecule has 2 aromatic rings. The molecule has 2 atom stereocenters. The summed E-state index contributed by atoms with van der Waals surface area (Å²) in [6.45, 7) is 10.5. The molecule has 0 spiro atoms. The van der Waals surface area contributed by atoms with Crippen molar-refractivity contribution in [1.82, 2.24) is 9.88 Å². The Morgan fingerprint density at radius 1 is 1.06 bits per heavy atom. The second-order valence-corrected chi connectivity index (χ2v) is 9.52. The van der Waals surface area contributed by atoms with Crippen molar-refractivity contribution in [1.29, 1.82) is 0 Å². The summed E-state index contributed by atoms with van der Waals surface area (Å²) in [5, 5.41) is 4.00. The molecule has 1 aromatic carbocycles. The Labute approximate surface area is 185 Å². The van der Waals surface area contributed by atoms with E-state index in [0.29, 0.717) is 11.8 Å². The van der Waals surface area contributed by atoms with Crippen molar-refractivity contribution in [3.8, 4) is 0 Å². The molecule has 1 aromatic heterocycles. The van der Waals surface area contributed by atoms with Crippen molar-refractivity contribution in [2.45, 2.75) is 52.9 Å². The third-order valence-electron chi connectivity index (χ3n) is 6.50. The van der Waals surface area contributed by atoms with Crippen LogP contribution >= 0.6 is 0 Å². The molecule has 2 fully saturated rings. The second-order valence-electron chi connectivity index (χ2n) is 9.52. The molecule has 6 nitrogen and oxygen atoms in total. The van der Waals surface area contributed by atoms with Gasteiger partial charge in [-0.2, -0.15) is 0 Å². The van der Waals surface area contributed by atoms with Gasteiger partial charge in [0, 0.05) is 50.1 Å². The van der Waals surface area contributed by atoms with Crippen molar-refractivity contribution in [2.75, 3.05) is 36.4 Å². The van der Waals surface area contributed by atoms with Crippen LogP contribution in [0.25, 0.3) is 10.9 Å². The van der Waals surface area contributed by atoms with Crippen LogP contribution in [0.1, 0.15) is 51.5 Å². The Hall–Kier alpha value is -2.63.